The fourth-order valence-electron chi connectivity index (χ4n) is 1.75. The zero-order chi connectivity index (χ0) is 9.84. The normalized spacial score (nSPS) is 25.1. The summed E-state index contributed by atoms with van der Waals surface area (Å²) in [6.45, 7) is 9.73. The minimum atomic E-state index is 0.268. The summed E-state index contributed by atoms with van der Waals surface area (Å²) in [5, 5.41) is 3.47. The lowest BCUT2D eigenvalue weighted by molar-refractivity contribution is -0.118. The molecule has 0 aromatic carbocycles. The van der Waals surface area contributed by atoms with Crippen LogP contribution in [-0.4, -0.2) is 42.9 Å². The van der Waals surface area contributed by atoms with E-state index in [1.807, 2.05) is 0 Å². The molecule has 0 amide bonds. The molecule has 3 nitrogen and oxygen atoms in total. The van der Waals surface area contributed by atoms with E-state index in [-0.39, 0.29) is 5.78 Å². The smallest absolute Gasteiger partial charge is 0.143 e. The molecule has 76 valence electrons. The number of Topliss-reactive ketones (excluding diaryl/α,β-unsaturated/α-hetero) is 1. The topological polar surface area (TPSA) is 32.3 Å². The summed E-state index contributed by atoms with van der Waals surface area (Å²) in [6.07, 6.45) is 0. The van der Waals surface area contributed by atoms with E-state index in [0.717, 1.165) is 19.6 Å². The predicted octanol–water partition coefficient (Wildman–Crippen LogP) is 0.505. The van der Waals surface area contributed by atoms with Gasteiger partial charge in [0.05, 0.1) is 6.54 Å². The van der Waals surface area contributed by atoms with Gasteiger partial charge in [-0.15, -0.1) is 0 Å². The lowest BCUT2D eigenvalue weighted by Gasteiger charge is -2.35. The van der Waals surface area contributed by atoms with Crippen molar-refractivity contribution in [1.29, 1.82) is 0 Å². The molecular formula is C10H20N2O. The summed E-state index contributed by atoms with van der Waals surface area (Å²) in [4.78, 5) is 13.2. The van der Waals surface area contributed by atoms with Crippen LogP contribution in [-0.2, 0) is 4.79 Å². The van der Waals surface area contributed by atoms with Crippen LogP contribution in [0, 0.1) is 5.92 Å². The summed E-state index contributed by atoms with van der Waals surface area (Å²) in [6, 6.07) is 0.549. The van der Waals surface area contributed by atoms with Gasteiger partial charge >= 0.3 is 0 Å². The van der Waals surface area contributed by atoms with Crippen molar-refractivity contribution < 1.29 is 4.79 Å². The molecule has 1 N–H and O–H groups in total. The highest BCUT2D eigenvalue weighted by Crippen LogP contribution is 2.07. The molecule has 0 radical (unpaired) electrons. The highest BCUT2D eigenvalue weighted by molar-refractivity contribution is 5.77. The molecule has 0 spiro atoms. The van der Waals surface area contributed by atoms with E-state index in [1.165, 1.54) is 0 Å². The molecule has 0 aromatic heterocycles. The fourth-order valence-corrected chi connectivity index (χ4v) is 1.75. The number of rotatable bonds is 3. The zero-order valence-electron chi connectivity index (χ0n) is 8.84. The van der Waals surface area contributed by atoms with E-state index in [2.05, 4.69) is 24.1 Å². The Balaban J connectivity index is 2.37. The van der Waals surface area contributed by atoms with Crippen LogP contribution in [0.3, 0.4) is 0 Å². The minimum Gasteiger partial charge on any atom is -0.311 e. The first-order valence-electron chi connectivity index (χ1n) is 5.04. The Labute approximate surface area is 80.5 Å². The predicted molar refractivity (Wildman–Crippen MR) is 53.7 cm³/mol. The second-order valence-corrected chi connectivity index (χ2v) is 4.24. The first kappa shape index (κ1) is 10.7. The largest absolute Gasteiger partial charge is 0.311 e. The molecule has 13 heavy (non-hydrogen) atoms. The number of piperazine rings is 1. The van der Waals surface area contributed by atoms with E-state index in [0.29, 0.717) is 18.5 Å². The van der Waals surface area contributed by atoms with Crippen molar-refractivity contribution in [3.05, 3.63) is 0 Å². The lowest BCUT2D eigenvalue weighted by atomic mass is 10.0. The van der Waals surface area contributed by atoms with Gasteiger partial charge < -0.3 is 5.32 Å². The minimum absolute atomic E-state index is 0.268. The lowest BCUT2D eigenvalue weighted by Crippen LogP contribution is -2.53. The van der Waals surface area contributed by atoms with E-state index in [1.54, 1.807) is 6.92 Å². The van der Waals surface area contributed by atoms with E-state index in [4.69, 9.17) is 0 Å². The Kier molecular flexibility index (Phi) is 3.88. The highest BCUT2D eigenvalue weighted by atomic mass is 16.1. The number of ketones is 1. The molecule has 0 bridgehead atoms. The Morgan fingerprint density at radius 3 is 2.85 bits per heavy atom. The van der Waals surface area contributed by atoms with Crippen molar-refractivity contribution in [2.45, 2.75) is 26.8 Å². The van der Waals surface area contributed by atoms with Gasteiger partial charge in [-0.05, 0) is 12.8 Å². The molecule has 1 heterocycles. The van der Waals surface area contributed by atoms with E-state index < -0.39 is 0 Å². The third kappa shape index (κ3) is 3.44. The molecule has 1 aliphatic heterocycles. The summed E-state index contributed by atoms with van der Waals surface area (Å²) >= 11 is 0. The molecule has 1 saturated heterocycles. The van der Waals surface area contributed by atoms with Gasteiger partial charge in [0.1, 0.15) is 5.78 Å². The van der Waals surface area contributed by atoms with Crippen LogP contribution in [0.25, 0.3) is 0 Å². The van der Waals surface area contributed by atoms with Crippen LogP contribution in [0.15, 0.2) is 0 Å². The van der Waals surface area contributed by atoms with Crippen molar-refractivity contribution in [1.82, 2.24) is 10.2 Å². The second-order valence-electron chi connectivity index (χ2n) is 4.24. The SMILES string of the molecule is CC(=O)CN1CCNC(C(C)C)C1. The van der Waals surface area contributed by atoms with Crippen molar-refractivity contribution >= 4 is 5.78 Å². The van der Waals surface area contributed by atoms with Gasteiger partial charge in [0.15, 0.2) is 0 Å². The number of hydrogen-bond donors (Lipinski definition) is 1. The van der Waals surface area contributed by atoms with Crippen LogP contribution in [0.1, 0.15) is 20.8 Å². The number of carbonyl (C=O) groups is 1. The summed E-state index contributed by atoms with van der Waals surface area (Å²) in [5.41, 5.74) is 0. The molecule has 0 aliphatic carbocycles. The quantitative estimate of drug-likeness (QED) is 0.693. The maximum absolute atomic E-state index is 10.9. The number of nitrogens with zero attached hydrogens (tertiary/aromatic N) is 1. The van der Waals surface area contributed by atoms with E-state index in [9.17, 15) is 4.79 Å². The molecule has 1 rings (SSSR count). The number of carbonyl (C=O) groups excluding carboxylic acids is 1. The van der Waals surface area contributed by atoms with Gasteiger partial charge in [-0.2, -0.15) is 0 Å². The third-order valence-electron chi connectivity index (χ3n) is 2.54. The van der Waals surface area contributed by atoms with Crippen molar-refractivity contribution in [3.63, 3.8) is 0 Å². The van der Waals surface area contributed by atoms with Gasteiger partial charge in [0.2, 0.25) is 0 Å². The Bertz CT molecular complexity index is 180. The molecule has 1 unspecified atom stereocenters. The average molecular weight is 184 g/mol. The van der Waals surface area contributed by atoms with Crippen LogP contribution < -0.4 is 5.32 Å². The van der Waals surface area contributed by atoms with Crippen LogP contribution >= 0.6 is 0 Å². The van der Waals surface area contributed by atoms with Gasteiger partial charge in [0.25, 0.3) is 0 Å². The van der Waals surface area contributed by atoms with Gasteiger partial charge in [-0.3, -0.25) is 9.69 Å². The van der Waals surface area contributed by atoms with Gasteiger partial charge in [0, 0.05) is 25.7 Å². The molecule has 1 fully saturated rings. The summed E-state index contributed by atoms with van der Waals surface area (Å²) in [5.74, 6) is 0.916. The highest BCUT2D eigenvalue weighted by Gasteiger charge is 2.21. The van der Waals surface area contributed by atoms with Crippen LogP contribution in [0.2, 0.25) is 0 Å². The van der Waals surface area contributed by atoms with Crippen LogP contribution in [0.5, 0.6) is 0 Å². The Morgan fingerprint density at radius 2 is 2.31 bits per heavy atom. The maximum Gasteiger partial charge on any atom is 0.143 e. The molecule has 0 aromatic rings. The van der Waals surface area contributed by atoms with Crippen molar-refractivity contribution in [3.8, 4) is 0 Å². The Morgan fingerprint density at radius 1 is 1.62 bits per heavy atom. The van der Waals surface area contributed by atoms with Crippen molar-refractivity contribution in [2.75, 3.05) is 26.2 Å². The molecule has 1 aliphatic rings. The fraction of sp³-hybridized carbons (Fsp3) is 0.900. The maximum atomic E-state index is 10.9. The van der Waals surface area contributed by atoms with E-state index >= 15 is 0 Å². The first-order valence-corrected chi connectivity index (χ1v) is 5.04. The Hall–Kier alpha value is -0.410. The number of nitrogens with one attached hydrogen (secondary N) is 1. The molecule has 0 saturated carbocycles. The van der Waals surface area contributed by atoms with Crippen molar-refractivity contribution in [2.24, 2.45) is 5.92 Å². The van der Waals surface area contributed by atoms with Crippen LogP contribution in [0.4, 0.5) is 0 Å². The van der Waals surface area contributed by atoms with Gasteiger partial charge in [-0.25, -0.2) is 0 Å². The first-order chi connectivity index (χ1) is 6.09. The third-order valence-corrected chi connectivity index (χ3v) is 2.54. The monoisotopic (exact) mass is 184 g/mol. The molecule has 3 heteroatoms. The summed E-state index contributed by atoms with van der Waals surface area (Å²) in [7, 11) is 0. The summed E-state index contributed by atoms with van der Waals surface area (Å²) < 4.78 is 0. The second kappa shape index (κ2) is 4.72. The standard InChI is InChI=1S/C10H20N2O/c1-8(2)10-7-12(5-4-11-10)6-9(3)13/h8,10-11H,4-7H2,1-3H3. The number of hydrogen-bond acceptors (Lipinski definition) is 3. The molecular weight excluding hydrogens is 164 g/mol. The average Bonchev–Trinajstić information content (AvgIpc) is 2.03. The van der Waals surface area contributed by atoms with Gasteiger partial charge in [-0.1, -0.05) is 13.8 Å². The zero-order valence-corrected chi connectivity index (χ0v) is 8.84. The molecule has 1 atom stereocenters.